The van der Waals surface area contributed by atoms with E-state index in [2.05, 4.69) is 20.8 Å². The lowest BCUT2D eigenvalue weighted by atomic mass is 9.89. The van der Waals surface area contributed by atoms with Crippen LogP contribution in [-0.2, 0) is 9.53 Å². The molecule has 0 bridgehead atoms. The normalized spacial score (nSPS) is 18.2. The summed E-state index contributed by atoms with van der Waals surface area (Å²) in [7, 11) is 0. The molecule has 2 aliphatic rings. The predicted octanol–water partition coefficient (Wildman–Crippen LogP) is 3.94. The maximum absolute atomic E-state index is 13.1. The van der Waals surface area contributed by atoms with Crippen molar-refractivity contribution in [1.82, 2.24) is 25.7 Å². The standard InChI is InChI=1S/C25H39N5O4/c1-16-20(23(32)29-28-22(31)19-10-8-6-7-9-11-19)21(27-17(2)26-16)18-12-14-30(15-13-18)24(33)34-25(3,4)5/h18-19H,6-15H2,1-5H3,(H,28,31)(H,29,32). The van der Waals surface area contributed by atoms with Crippen LogP contribution in [0.15, 0.2) is 0 Å². The zero-order chi connectivity index (χ0) is 24.9. The lowest BCUT2D eigenvalue weighted by Gasteiger charge is -2.33. The zero-order valence-corrected chi connectivity index (χ0v) is 21.2. The maximum atomic E-state index is 13.1. The number of nitrogens with one attached hydrogen (secondary N) is 2. The van der Waals surface area contributed by atoms with Crippen LogP contribution in [-0.4, -0.2) is 51.5 Å². The van der Waals surface area contributed by atoms with Crippen molar-refractivity contribution in [1.29, 1.82) is 0 Å². The highest BCUT2D eigenvalue weighted by molar-refractivity contribution is 5.97. The fourth-order valence-corrected chi connectivity index (χ4v) is 4.80. The zero-order valence-electron chi connectivity index (χ0n) is 21.2. The number of likely N-dealkylation sites (tertiary alicyclic amines) is 1. The lowest BCUT2D eigenvalue weighted by Crippen LogP contribution is -2.45. The third kappa shape index (κ3) is 6.90. The predicted molar refractivity (Wildman–Crippen MR) is 128 cm³/mol. The maximum Gasteiger partial charge on any atom is 0.410 e. The van der Waals surface area contributed by atoms with Gasteiger partial charge in [0.05, 0.1) is 17.0 Å². The Morgan fingerprint density at radius 1 is 0.912 bits per heavy atom. The molecule has 1 saturated heterocycles. The van der Waals surface area contributed by atoms with Crippen LogP contribution in [0, 0.1) is 19.8 Å². The molecule has 1 aliphatic carbocycles. The molecule has 1 aromatic rings. The summed E-state index contributed by atoms with van der Waals surface area (Å²) in [6.45, 7) is 10.2. The first-order valence-electron chi connectivity index (χ1n) is 12.5. The first-order chi connectivity index (χ1) is 16.0. The van der Waals surface area contributed by atoms with Gasteiger partial charge in [-0.2, -0.15) is 0 Å². The van der Waals surface area contributed by atoms with Gasteiger partial charge in [0.25, 0.3) is 5.91 Å². The average molecular weight is 474 g/mol. The molecule has 0 atom stereocenters. The Morgan fingerprint density at radius 2 is 1.53 bits per heavy atom. The Morgan fingerprint density at radius 3 is 2.12 bits per heavy atom. The van der Waals surface area contributed by atoms with E-state index >= 15 is 0 Å². The van der Waals surface area contributed by atoms with Gasteiger partial charge in [0.1, 0.15) is 11.4 Å². The van der Waals surface area contributed by atoms with Crippen LogP contribution in [0.25, 0.3) is 0 Å². The molecule has 1 saturated carbocycles. The summed E-state index contributed by atoms with van der Waals surface area (Å²) >= 11 is 0. The Bertz CT molecular complexity index is 895. The summed E-state index contributed by atoms with van der Waals surface area (Å²) in [4.78, 5) is 48.9. The molecule has 2 fully saturated rings. The molecule has 2 heterocycles. The number of amides is 3. The van der Waals surface area contributed by atoms with Gasteiger partial charge < -0.3 is 9.64 Å². The first kappa shape index (κ1) is 25.9. The SMILES string of the molecule is Cc1nc(C)c(C(=O)NNC(=O)C2CCCCCC2)c(C2CCN(C(=O)OC(C)(C)C)CC2)n1. The van der Waals surface area contributed by atoms with E-state index in [-0.39, 0.29) is 23.8 Å². The van der Waals surface area contributed by atoms with Gasteiger partial charge >= 0.3 is 6.09 Å². The number of ether oxygens (including phenoxy) is 1. The van der Waals surface area contributed by atoms with E-state index in [0.717, 1.165) is 38.5 Å². The second-order valence-corrected chi connectivity index (χ2v) is 10.5. The summed E-state index contributed by atoms with van der Waals surface area (Å²) < 4.78 is 5.49. The van der Waals surface area contributed by atoms with Crippen molar-refractivity contribution in [2.24, 2.45) is 5.92 Å². The average Bonchev–Trinajstić information content (AvgIpc) is 3.05. The monoisotopic (exact) mass is 473 g/mol. The van der Waals surface area contributed by atoms with Crippen LogP contribution in [0.1, 0.15) is 106 Å². The number of hydrogen-bond donors (Lipinski definition) is 2. The highest BCUT2D eigenvalue weighted by Gasteiger charge is 2.31. The lowest BCUT2D eigenvalue weighted by molar-refractivity contribution is -0.126. The Balaban J connectivity index is 1.67. The second-order valence-electron chi connectivity index (χ2n) is 10.5. The summed E-state index contributed by atoms with van der Waals surface area (Å²) in [5.74, 6) is 0.0190. The summed E-state index contributed by atoms with van der Waals surface area (Å²) in [5.41, 5.74) is 6.36. The molecular weight excluding hydrogens is 434 g/mol. The number of hydrogen-bond acceptors (Lipinski definition) is 6. The van der Waals surface area contributed by atoms with Crippen molar-refractivity contribution < 1.29 is 19.1 Å². The van der Waals surface area contributed by atoms with E-state index in [0.29, 0.717) is 48.7 Å². The molecule has 188 valence electrons. The molecular formula is C25H39N5O4. The molecule has 3 rings (SSSR count). The van der Waals surface area contributed by atoms with Crippen LogP contribution < -0.4 is 10.9 Å². The van der Waals surface area contributed by atoms with Gasteiger partial charge in [-0.15, -0.1) is 0 Å². The number of rotatable bonds is 3. The minimum absolute atomic E-state index is 0.0115. The smallest absolute Gasteiger partial charge is 0.410 e. The fourth-order valence-electron chi connectivity index (χ4n) is 4.80. The van der Waals surface area contributed by atoms with Crippen molar-refractivity contribution in [3.8, 4) is 0 Å². The molecule has 34 heavy (non-hydrogen) atoms. The van der Waals surface area contributed by atoms with Crippen molar-refractivity contribution in [2.75, 3.05) is 13.1 Å². The van der Waals surface area contributed by atoms with E-state index < -0.39 is 11.5 Å². The Hall–Kier alpha value is -2.71. The number of aryl methyl sites for hydroxylation is 2. The summed E-state index contributed by atoms with van der Waals surface area (Å²) in [6.07, 6.45) is 7.14. The number of piperidine rings is 1. The van der Waals surface area contributed by atoms with Crippen molar-refractivity contribution in [3.05, 3.63) is 22.8 Å². The number of nitrogens with zero attached hydrogens (tertiary/aromatic N) is 3. The third-order valence-electron chi connectivity index (χ3n) is 6.52. The molecule has 9 nitrogen and oxygen atoms in total. The number of carbonyl (C=O) groups excluding carboxylic acids is 3. The highest BCUT2D eigenvalue weighted by Crippen LogP contribution is 2.31. The van der Waals surface area contributed by atoms with Crippen LogP contribution in [0.4, 0.5) is 4.79 Å². The van der Waals surface area contributed by atoms with Crippen LogP contribution in [0.2, 0.25) is 0 Å². The van der Waals surface area contributed by atoms with E-state index in [1.54, 1.807) is 11.8 Å². The number of hydrazine groups is 1. The van der Waals surface area contributed by atoms with Crippen LogP contribution in [0.3, 0.4) is 0 Å². The quantitative estimate of drug-likeness (QED) is 0.508. The summed E-state index contributed by atoms with van der Waals surface area (Å²) in [5, 5.41) is 0. The summed E-state index contributed by atoms with van der Waals surface area (Å²) in [6, 6.07) is 0. The second kappa shape index (κ2) is 11.1. The molecule has 0 unspecified atom stereocenters. The molecule has 2 N–H and O–H groups in total. The van der Waals surface area contributed by atoms with E-state index in [4.69, 9.17) is 4.74 Å². The Kier molecular flexibility index (Phi) is 8.49. The molecule has 0 aromatic carbocycles. The van der Waals surface area contributed by atoms with Gasteiger partial charge in [-0.05, 0) is 60.3 Å². The number of carbonyl (C=O) groups is 3. The first-order valence-corrected chi connectivity index (χ1v) is 12.5. The molecule has 0 radical (unpaired) electrons. The molecule has 0 spiro atoms. The van der Waals surface area contributed by atoms with Gasteiger partial charge in [0.2, 0.25) is 5.91 Å². The van der Waals surface area contributed by atoms with E-state index in [9.17, 15) is 14.4 Å². The van der Waals surface area contributed by atoms with Crippen LogP contribution >= 0.6 is 0 Å². The minimum atomic E-state index is -0.540. The van der Waals surface area contributed by atoms with Crippen molar-refractivity contribution in [2.45, 2.75) is 97.5 Å². The van der Waals surface area contributed by atoms with Crippen LogP contribution in [0.5, 0.6) is 0 Å². The largest absolute Gasteiger partial charge is 0.444 e. The fraction of sp³-hybridized carbons (Fsp3) is 0.720. The molecule has 1 aromatic heterocycles. The highest BCUT2D eigenvalue weighted by atomic mass is 16.6. The van der Waals surface area contributed by atoms with Gasteiger partial charge in [0.15, 0.2) is 0 Å². The topological polar surface area (TPSA) is 114 Å². The van der Waals surface area contributed by atoms with E-state index in [1.807, 2.05) is 27.7 Å². The molecule has 3 amide bonds. The van der Waals surface area contributed by atoms with E-state index in [1.165, 1.54) is 0 Å². The Labute approximate surface area is 202 Å². The van der Waals surface area contributed by atoms with Crippen molar-refractivity contribution in [3.63, 3.8) is 0 Å². The van der Waals surface area contributed by atoms with Crippen molar-refractivity contribution >= 4 is 17.9 Å². The van der Waals surface area contributed by atoms with Gasteiger partial charge in [-0.3, -0.25) is 20.4 Å². The molecule has 1 aliphatic heterocycles. The number of aromatic nitrogens is 2. The molecule has 9 heteroatoms. The van der Waals surface area contributed by atoms with Gasteiger partial charge in [-0.1, -0.05) is 25.7 Å². The van der Waals surface area contributed by atoms with Gasteiger partial charge in [-0.25, -0.2) is 14.8 Å². The third-order valence-corrected chi connectivity index (χ3v) is 6.52. The van der Waals surface area contributed by atoms with Gasteiger partial charge in [0, 0.05) is 24.9 Å². The minimum Gasteiger partial charge on any atom is -0.444 e.